The van der Waals surface area contributed by atoms with Crippen LogP contribution in [0.3, 0.4) is 0 Å². The van der Waals surface area contributed by atoms with Crippen molar-refractivity contribution in [1.82, 2.24) is 10.3 Å². The SMILES string of the molecule is CCCNC(C)c1csc(C(CC)(CC)OCC)n1. The summed E-state index contributed by atoms with van der Waals surface area (Å²) in [7, 11) is 0. The molecule has 1 rings (SSSR count). The first kappa shape index (κ1) is 16.6. The summed E-state index contributed by atoms with van der Waals surface area (Å²) in [5.74, 6) is 0. The van der Waals surface area contributed by atoms with Gasteiger partial charge in [-0.3, -0.25) is 0 Å². The van der Waals surface area contributed by atoms with Crippen molar-refractivity contribution in [2.75, 3.05) is 13.2 Å². The highest BCUT2D eigenvalue weighted by atomic mass is 32.1. The largest absolute Gasteiger partial charge is 0.368 e. The molecule has 0 bridgehead atoms. The van der Waals surface area contributed by atoms with E-state index in [1.54, 1.807) is 11.3 Å². The number of hydrogen-bond acceptors (Lipinski definition) is 4. The molecule has 0 radical (unpaired) electrons. The molecule has 0 aliphatic carbocycles. The standard InChI is InChI=1S/C15H28N2OS/c1-6-10-16-12(5)13-11-19-14(17-13)15(7-2,8-3)18-9-4/h11-12,16H,6-10H2,1-5H3. The minimum atomic E-state index is -0.192. The van der Waals surface area contributed by atoms with Gasteiger partial charge < -0.3 is 10.1 Å². The summed E-state index contributed by atoms with van der Waals surface area (Å²) in [6, 6.07) is 0.318. The van der Waals surface area contributed by atoms with Gasteiger partial charge >= 0.3 is 0 Å². The maximum absolute atomic E-state index is 6.02. The lowest BCUT2D eigenvalue weighted by molar-refractivity contribution is -0.0507. The normalized spacial score (nSPS) is 13.7. The average Bonchev–Trinajstić information content (AvgIpc) is 2.92. The molecule has 0 aromatic carbocycles. The zero-order valence-corrected chi connectivity index (χ0v) is 13.8. The summed E-state index contributed by atoms with van der Waals surface area (Å²) < 4.78 is 6.02. The Balaban J connectivity index is 2.86. The second-order valence-corrected chi connectivity index (χ2v) is 5.75. The lowest BCUT2D eigenvalue weighted by Crippen LogP contribution is -2.28. The highest BCUT2D eigenvalue weighted by Crippen LogP contribution is 2.35. The Bertz CT molecular complexity index is 361. The molecule has 1 heterocycles. The van der Waals surface area contributed by atoms with Crippen molar-refractivity contribution in [3.05, 3.63) is 16.1 Å². The van der Waals surface area contributed by atoms with E-state index >= 15 is 0 Å². The molecule has 0 saturated carbocycles. The Kier molecular flexibility index (Phi) is 6.97. The molecule has 110 valence electrons. The smallest absolute Gasteiger partial charge is 0.125 e. The molecule has 1 atom stereocenters. The molecule has 1 aromatic heterocycles. The molecule has 19 heavy (non-hydrogen) atoms. The average molecular weight is 284 g/mol. The fraction of sp³-hybridized carbons (Fsp3) is 0.800. The van der Waals surface area contributed by atoms with Crippen LogP contribution in [-0.2, 0) is 10.3 Å². The molecule has 0 amide bonds. The molecule has 3 nitrogen and oxygen atoms in total. The first-order valence-electron chi connectivity index (χ1n) is 7.46. The van der Waals surface area contributed by atoms with Crippen LogP contribution in [0.5, 0.6) is 0 Å². The zero-order chi connectivity index (χ0) is 14.3. The van der Waals surface area contributed by atoms with Crippen LogP contribution in [0.15, 0.2) is 5.38 Å². The van der Waals surface area contributed by atoms with Crippen molar-refractivity contribution in [2.24, 2.45) is 0 Å². The molecule has 1 aromatic rings. The van der Waals surface area contributed by atoms with Crippen LogP contribution in [-0.4, -0.2) is 18.1 Å². The number of hydrogen-bond donors (Lipinski definition) is 1. The molecule has 0 fully saturated rings. The predicted octanol–water partition coefficient (Wildman–Crippen LogP) is 4.26. The summed E-state index contributed by atoms with van der Waals surface area (Å²) >= 11 is 1.73. The lowest BCUT2D eigenvalue weighted by Gasteiger charge is -2.29. The van der Waals surface area contributed by atoms with Gasteiger partial charge in [0.1, 0.15) is 10.6 Å². The number of rotatable bonds is 9. The molecular formula is C15H28N2OS. The van der Waals surface area contributed by atoms with Crippen molar-refractivity contribution >= 4 is 11.3 Å². The van der Waals surface area contributed by atoms with E-state index in [9.17, 15) is 0 Å². The van der Waals surface area contributed by atoms with Crippen molar-refractivity contribution in [1.29, 1.82) is 0 Å². The summed E-state index contributed by atoms with van der Waals surface area (Å²) in [4.78, 5) is 4.83. The second-order valence-electron chi connectivity index (χ2n) is 4.89. The predicted molar refractivity (Wildman–Crippen MR) is 82.7 cm³/mol. The van der Waals surface area contributed by atoms with Gasteiger partial charge in [-0.2, -0.15) is 0 Å². The van der Waals surface area contributed by atoms with Gasteiger partial charge in [-0.15, -0.1) is 11.3 Å². The van der Waals surface area contributed by atoms with Gasteiger partial charge in [-0.1, -0.05) is 20.8 Å². The lowest BCUT2D eigenvalue weighted by atomic mass is 9.98. The third-order valence-electron chi connectivity index (χ3n) is 3.62. The van der Waals surface area contributed by atoms with E-state index in [0.29, 0.717) is 6.04 Å². The zero-order valence-electron chi connectivity index (χ0n) is 13.0. The van der Waals surface area contributed by atoms with Crippen LogP contribution in [0.2, 0.25) is 0 Å². The minimum Gasteiger partial charge on any atom is -0.368 e. The Hall–Kier alpha value is -0.450. The first-order chi connectivity index (χ1) is 9.13. The summed E-state index contributed by atoms with van der Waals surface area (Å²) in [5, 5.41) is 6.78. The fourth-order valence-corrected chi connectivity index (χ4v) is 3.46. The third-order valence-corrected chi connectivity index (χ3v) is 4.66. The molecular weight excluding hydrogens is 256 g/mol. The van der Waals surface area contributed by atoms with Gasteiger partial charge in [0.2, 0.25) is 0 Å². The van der Waals surface area contributed by atoms with Crippen molar-refractivity contribution < 1.29 is 4.74 Å². The van der Waals surface area contributed by atoms with Crippen molar-refractivity contribution in [3.8, 4) is 0 Å². The molecule has 1 N–H and O–H groups in total. The van der Waals surface area contributed by atoms with E-state index in [2.05, 4.69) is 45.3 Å². The van der Waals surface area contributed by atoms with Gasteiger partial charge in [-0.25, -0.2) is 4.98 Å². The molecule has 0 spiro atoms. The van der Waals surface area contributed by atoms with E-state index in [1.165, 1.54) is 0 Å². The van der Waals surface area contributed by atoms with Gasteiger partial charge in [0.05, 0.1) is 5.69 Å². The number of ether oxygens (including phenoxy) is 1. The molecule has 0 aliphatic heterocycles. The number of thiazole rings is 1. The maximum Gasteiger partial charge on any atom is 0.125 e. The van der Waals surface area contributed by atoms with Crippen LogP contribution in [0.25, 0.3) is 0 Å². The molecule has 0 saturated heterocycles. The summed E-state index contributed by atoms with van der Waals surface area (Å²) in [5.41, 5.74) is 0.946. The third kappa shape index (κ3) is 4.01. The Labute approximate surface area is 121 Å². The van der Waals surface area contributed by atoms with E-state index < -0.39 is 0 Å². The quantitative estimate of drug-likeness (QED) is 0.736. The van der Waals surface area contributed by atoms with Crippen molar-refractivity contribution in [3.63, 3.8) is 0 Å². The van der Waals surface area contributed by atoms with E-state index in [4.69, 9.17) is 9.72 Å². The fourth-order valence-electron chi connectivity index (χ4n) is 2.25. The van der Waals surface area contributed by atoms with Gasteiger partial charge in [0, 0.05) is 18.0 Å². The van der Waals surface area contributed by atoms with Crippen molar-refractivity contribution in [2.45, 2.75) is 65.5 Å². The van der Waals surface area contributed by atoms with E-state index in [0.717, 1.165) is 43.1 Å². The summed E-state index contributed by atoms with van der Waals surface area (Å²) in [6.45, 7) is 12.5. The van der Waals surface area contributed by atoms with Gasteiger partial charge in [0.25, 0.3) is 0 Å². The van der Waals surface area contributed by atoms with E-state index in [-0.39, 0.29) is 5.60 Å². The number of nitrogens with one attached hydrogen (secondary N) is 1. The maximum atomic E-state index is 6.02. The highest BCUT2D eigenvalue weighted by molar-refractivity contribution is 7.09. The first-order valence-corrected chi connectivity index (χ1v) is 8.34. The topological polar surface area (TPSA) is 34.1 Å². The highest BCUT2D eigenvalue weighted by Gasteiger charge is 2.32. The molecule has 4 heteroatoms. The molecule has 1 unspecified atom stereocenters. The molecule has 0 aliphatic rings. The summed E-state index contributed by atoms with van der Waals surface area (Å²) in [6.07, 6.45) is 3.09. The van der Waals surface area contributed by atoms with Gasteiger partial charge in [0.15, 0.2) is 0 Å². The minimum absolute atomic E-state index is 0.192. The Morgan fingerprint density at radius 3 is 2.53 bits per heavy atom. The second kappa shape index (κ2) is 7.98. The number of aromatic nitrogens is 1. The van der Waals surface area contributed by atoms with Crippen LogP contribution in [0.4, 0.5) is 0 Å². The number of nitrogens with zero attached hydrogens (tertiary/aromatic N) is 1. The van der Waals surface area contributed by atoms with Crippen LogP contribution in [0, 0.1) is 0 Å². The van der Waals surface area contributed by atoms with Crippen LogP contribution < -0.4 is 5.32 Å². The van der Waals surface area contributed by atoms with Crippen LogP contribution in [0.1, 0.15) is 70.6 Å². The van der Waals surface area contributed by atoms with E-state index in [1.807, 2.05) is 0 Å². The van der Waals surface area contributed by atoms with Gasteiger partial charge in [-0.05, 0) is 39.7 Å². The monoisotopic (exact) mass is 284 g/mol. The van der Waals surface area contributed by atoms with Crippen LogP contribution >= 0.6 is 11.3 Å². The Morgan fingerprint density at radius 1 is 1.32 bits per heavy atom. The Morgan fingerprint density at radius 2 is 2.00 bits per heavy atom.